The molecule has 0 aliphatic rings. The maximum Gasteiger partial charge on any atom is 0.191 e. The van der Waals surface area contributed by atoms with Gasteiger partial charge < -0.3 is 9.67 Å². The van der Waals surface area contributed by atoms with Crippen molar-refractivity contribution in [2.45, 2.75) is 23.9 Å². The molecule has 1 aromatic carbocycles. The first-order valence-corrected chi connectivity index (χ1v) is 7.20. The van der Waals surface area contributed by atoms with E-state index in [0.717, 1.165) is 9.63 Å². The molecule has 0 aliphatic heterocycles. The van der Waals surface area contributed by atoms with Crippen LogP contribution in [0.2, 0.25) is 0 Å². The highest BCUT2D eigenvalue weighted by Crippen LogP contribution is 2.34. The summed E-state index contributed by atoms with van der Waals surface area (Å²) in [6, 6.07) is 8.21. The molecule has 2 rings (SSSR count). The van der Waals surface area contributed by atoms with Crippen LogP contribution >= 0.6 is 27.7 Å². The van der Waals surface area contributed by atoms with Gasteiger partial charge in [-0.2, -0.15) is 0 Å². The molecule has 0 radical (unpaired) electrons. The van der Waals surface area contributed by atoms with Crippen molar-refractivity contribution in [1.29, 1.82) is 0 Å². The first kappa shape index (κ1) is 13.6. The second-order valence-corrected chi connectivity index (χ2v) is 6.15. The van der Waals surface area contributed by atoms with Crippen LogP contribution in [0.5, 0.6) is 0 Å². The minimum Gasteiger partial charge on any atom is -0.388 e. The summed E-state index contributed by atoms with van der Waals surface area (Å²) in [5.74, 6) is 0.582. The third-order valence-corrected chi connectivity index (χ3v) is 4.35. The molecule has 0 bridgehead atoms. The van der Waals surface area contributed by atoms with Crippen LogP contribution in [-0.2, 0) is 13.7 Å². The normalized spacial score (nSPS) is 12.7. The van der Waals surface area contributed by atoms with Crippen molar-refractivity contribution in [2.75, 3.05) is 0 Å². The lowest BCUT2D eigenvalue weighted by molar-refractivity contribution is 0.266. The fourth-order valence-electron chi connectivity index (χ4n) is 1.57. The van der Waals surface area contributed by atoms with E-state index >= 15 is 0 Å². The highest BCUT2D eigenvalue weighted by molar-refractivity contribution is 9.10. The van der Waals surface area contributed by atoms with Gasteiger partial charge in [0.15, 0.2) is 11.0 Å². The molecule has 96 valence electrons. The van der Waals surface area contributed by atoms with Crippen molar-refractivity contribution in [3.8, 4) is 0 Å². The summed E-state index contributed by atoms with van der Waals surface area (Å²) in [5.41, 5.74) is 1.22. The average Bonchev–Trinajstić information content (AvgIpc) is 2.70. The molecule has 0 spiro atoms. The fraction of sp³-hybridized carbons (Fsp3) is 0.333. The third kappa shape index (κ3) is 2.93. The number of halogens is 1. The van der Waals surface area contributed by atoms with E-state index in [2.05, 4.69) is 45.2 Å². The lowest BCUT2D eigenvalue weighted by Crippen LogP contribution is -1.99. The maximum absolute atomic E-state index is 9.08. The molecule has 1 heterocycles. The zero-order valence-electron chi connectivity index (χ0n) is 10.2. The third-order valence-electron chi connectivity index (χ3n) is 2.67. The summed E-state index contributed by atoms with van der Waals surface area (Å²) in [5, 5.41) is 18.2. The molecule has 1 atom stereocenters. The Balaban J connectivity index is 2.16. The van der Waals surface area contributed by atoms with Gasteiger partial charge in [0.2, 0.25) is 0 Å². The largest absolute Gasteiger partial charge is 0.388 e. The smallest absolute Gasteiger partial charge is 0.191 e. The number of hydrogen-bond acceptors (Lipinski definition) is 4. The lowest BCUT2D eigenvalue weighted by Gasteiger charge is -2.11. The zero-order chi connectivity index (χ0) is 13.1. The number of hydrogen-bond donors (Lipinski definition) is 1. The SMILES string of the molecule is CC(Sc1nnc(CO)n1C)c1cccc(Br)c1. The summed E-state index contributed by atoms with van der Waals surface area (Å²) in [7, 11) is 1.86. The molecule has 1 unspecified atom stereocenters. The number of nitrogens with zero attached hydrogens (tertiary/aromatic N) is 3. The van der Waals surface area contributed by atoms with Crippen LogP contribution in [-0.4, -0.2) is 19.9 Å². The van der Waals surface area contributed by atoms with Gasteiger partial charge in [-0.3, -0.25) is 0 Å². The Labute approximate surface area is 119 Å². The van der Waals surface area contributed by atoms with E-state index in [4.69, 9.17) is 5.11 Å². The molecule has 0 fully saturated rings. The fourth-order valence-corrected chi connectivity index (χ4v) is 2.94. The number of rotatable bonds is 4. The maximum atomic E-state index is 9.08. The molecule has 4 nitrogen and oxygen atoms in total. The van der Waals surface area contributed by atoms with Crippen LogP contribution < -0.4 is 0 Å². The van der Waals surface area contributed by atoms with Gasteiger partial charge in [0, 0.05) is 16.8 Å². The lowest BCUT2D eigenvalue weighted by atomic mass is 10.2. The van der Waals surface area contributed by atoms with E-state index in [0.29, 0.717) is 5.82 Å². The first-order chi connectivity index (χ1) is 8.61. The molecule has 6 heteroatoms. The number of aliphatic hydroxyl groups is 1. The first-order valence-electron chi connectivity index (χ1n) is 5.53. The Kier molecular flexibility index (Phi) is 4.42. The molecular formula is C12H14BrN3OS. The van der Waals surface area contributed by atoms with Gasteiger partial charge in [-0.1, -0.05) is 39.8 Å². The van der Waals surface area contributed by atoms with Gasteiger partial charge >= 0.3 is 0 Å². The van der Waals surface area contributed by atoms with E-state index in [1.165, 1.54) is 5.56 Å². The molecule has 18 heavy (non-hydrogen) atoms. The summed E-state index contributed by atoms with van der Waals surface area (Å²) in [6.07, 6.45) is 0. The minimum atomic E-state index is -0.0880. The van der Waals surface area contributed by atoms with Crippen LogP contribution in [0.15, 0.2) is 33.9 Å². The molecule has 1 N–H and O–H groups in total. The quantitative estimate of drug-likeness (QED) is 0.877. The number of benzene rings is 1. The number of aromatic nitrogens is 3. The summed E-state index contributed by atoms with van der Waals surface area (Å²) < 4.78 is 2.89. The Bertz CT molecular complexity index is 544. The van der Waals surface area contributed by atoms with Crippen molar-refractivity contribution in [3.63, 3.8) is 0 Å². The Morgan fingerprint density at radius 1 is 1.44 bits per heavy atom. The summed E-state index contributed by atoms with van der Waals surface area (Å²) in [4.78, 5) is 0. The minimum absolute atomic E-state index is 0.0880. The predicted octanol–water partition coefficient (Wildman–Crippen LogP) is 2.92. The Hall–Kier alpha value is -0.850. The standard InChI is InChI=1S/C12H14BrN3OS/c1-8(9-4-3-5-10(13)6-9)18-12-15-14-11(7-17)16(12)2/h3-6,8,17H,7H2,1-2H3. The molecule has 0 saturated carbocycles. The molecule has 0 amide bonds. The second kappa shape index (κ2) is 5.86. The molecule has 1 aromatic heterocycles. The van der Waals surface area contributed by atoms with E-state index in [1.54, 1.807) is 11.8 Å². The van der Waals surface area contributed by atoms with Crippen LogP contribution in [0.1, 0.15) is 23.6 Å². The second-order valence-electron chi connectivity index (χ2n) is 3.93. The Morgan fingerprint density at radius 3 is 2.83 bits per heavy atom. The van der Waals surface area contributed by atoms with Crippen LogP contribution in [0.4, 0.5) is 0 Å². The zero-order valence-corrected chi connectivity index (χ0v) is 12.6. The van der Waals surface area contributed by atoms with Crippen molar-refractivity contribution in [2.24, 2.45) is 7.05 Å². The van der Waals surface area contributed by atoms with E-state index in [1.807, 2.05) is 23.7 Å². The van der Waals surface area contributed by atoms with E-state index < -0.39 is 0 Å². The summed E-state index contributed by atoms with van der Waals surface area (Å²) >= 11 is 5.10. The van der Waals surface area contributed by atoms with E-state index in [-0.39, 0.29) is 11.9 Å². The van der Waals surface area contributed by atoms with Crippen molar-refractivity contribution < 1.29 is 5.11 Å². The molecular weight excluding hydrogens is 314 g/mol. The molecule has 0 aliphatic carbocycles. The van der Waals surface area contributed by atoms with Gasteiger partial charge in [0.1, 0.15) is 6.61 Å². The van der Waals surface area contributed by atoms with Gasteiger partial charge in [-0.25, -0.2) is 0 Å². The number of thioether (sulfide) groups is 1. The summed E-state index contributed by atoms with van der Waals surface area (Å²) in [6.45, 7) is 2.04. The average molecular weight is 328 g/mol. The highest BCUT2D eigenvalue weighted by atomic mass is 79.9. The van der Waals surface area contributed by atoms with Crippen LogP contribution in [0.3, 0.4) is 0 Å². The van der Waals surface area contributed by atoms with Crippen molar-refractivity contribution >= 4 is 27.7 Å². The molecule has 0 saturated heterocycles. The van der Waals surface area contributed by atoms with Crippen molar-refractivity contribution in [3.05, 3.63) is 40.1 Å². The predicted molar refractivity (Wildman–Crippen MR) is 75.3 cm³/mol. The molecule has 2 aromatic rings. The number of aliphatic hydroxyl groups excluding tert-OH is 1. The van der Waals surface area contributed by atoms with E-state index in [9.17, 15) is 0 Å². The Morgan fingerprint density at radius 2 is 2.22 bits per heavy atom. The highest BCUT2D eigenvalue weighted by Gasteiger charge is 2.14. The monoisotopic (exact) mass is 327 g/mol. The van der Waals surface area contributed by atoms with Gasteiger partial charge in [-0.15, -0.1) is 10.2 Å². The van der Waals surface area contributed by atoms with Crippen LogP contribution in [0, 0.1) is 0 Å². The van der Waals surface area contributed by atoms with Crippen LogP contribution in [0.25, 0.3) is 0 Å². The topological polar surface area (TPSA) is 50.9 Å². The van der Waals surface area contributed by atoms with Gasteiger partial charge in [0.05, 0.1) is 0 Å². The van der Waals surface area contributed by atoms with Gasteiger partial charge in [0.25, 0.3) is 0 Å². The van der Waals surface area contributed by atoms with Crippen molar-refractivity contribution in [1.82, 2.24) is 14.8 Å². The van der Waals surface area contributed by atoms with Gasteiger partial charge in [-0.05, 0) is 24.6 Å².